The summed E-state index contributed by atoms with van der Waals surface area (Å²) in [6.07, 6.45) is -0.894. The number of nitrogens with two attached hydrogens (primary N) is 1. The molecule has 2 atom stereocenters. The first-order valence-electron chi connectivity index (χ1n) is 6.43. The van der Waals surface area contributed by atoms with Crippen molar-refractivity contribution in [3.05, 3.63) is 70.0 Å². The first kappa shape index (κ1) is 15.0. The summed E-state index contributed by atoms with van der Waals surface area (Å²) in [4.78, 5) is 0. The molecule has 0 saturated heterocycles. The molecule has 3 N–H and O–H groups in total. The molecule has 4 heteroatoms. The van der Waals surface area contributed by atoms with Crippen LogP contribution in [0.1, 0.15) is 28.7 Å². The normalized spacial score (nSPS) is 14.1. The molecule has 0 heterocycles. The van der Waals surface area contributed by atoms with Crippen LogP contribution in [0, 0.1) is 12.7 Å². The molecule has 2 rings (SSSR count). The molecule has 0 aliphatic rings. The lowest BCUT2D eigenvalue weighted by Crippen LogP contribution is -2.21. The van der Waals surface area contributed by atoms with Crippen molar-refractivity contribution in [2.45, 2.75) is 18.9 Å². The Morgan fingerprint density at radius 2 is 1.85 bits per heavy atom. The van der Waals surface area contributed by atoms with E-state index in [1.54, 1.807) is 6.07 Å². The van der Waals surface area contributed by atoms with Crippen LogP contribution < -0.4 is 5.73 Å². The lowest BCUT2D eigenvalue weighted by molar-refractivity contribution is 0.145. The maximum absolute atomic E-state index is 14.0. The van der Waals surface area contributed by atoms with E-state index in [-0.39, 0.29) is 17.1 Å². The number of aliphatic hydroxyl groups is 1. The number of rotatable bonds is 4. The SMILES string of the molecule is Cc1ccc(C(O)C(CN)c2c(F)cccc2Cl)cc1. The van der Waals surface area contributed by atoms with Gasteiger partial charge < -0.3 is 10.8 Å². The number of aryl methyl sites for hydroxylation is 1. The fraction of sp³-hybridized carbons (Fsp3) is 0.250. The van der Waals surface area contributed by atoms with E-state index in [1.165, 1.54) is 12.1 Å². The Hall–Kier alpha value is -1.42. The van der Waals surface area contributed by atoms with Gasteiger partial charge in [-0.3, -0.25) is 0 Å². The monoisotopic (exact) mass is 293 g/mol. The van der Waals surface area contributed by atoms with Crippen molar-refractivity contribution < 1.29 is 9.50 Å². The largest absolute Gasteiger partial charge is 0.388 e. The topological polar surface area (TPSA) is 46.2 Å². The van der Waals surface area contributed by atoms with E-state index in [9.17, 15) is 9.50 Å². The van der Waals surface area contributed by atoms with Crippen LogP contribution in [-0.2, 0) is 0 Å². The Balaban J connectivity index is 2.39. The maximum atomic E-state index is 14.0. The van der Waals surface area contributed by atoms with E-state index < -0.39 is 17.8 Å². The summed E-state index contributed by atoms with van der Waals surface area (Å²) >= 11 is 6.05. The quantitative estimate of drug-likeness (QED) is 0.905. The Bertz CT molecular complexity index is 565. The number of benzene rings is 2. The Morgan fingerprint density at radius 3 is 2.40 bits per heavy atom. The van der Waals surface area contributed by atoms with Crippen LogP contribution in [0.4, 0.5) is 4.39 Å². The third-order valence-corrected chi connectivity index (χ3v) is 3.75. The van der Waals surface area contributed by atoms with Gasteiger partial charge in [0, 0.05) is 23.0 Å². The molecular formula is C16H17ClFNO. The van der Waals surface area contributed by atoms with Gasteiger partial charge in [-0.2, -0.15) is 0 Å². The molecule has 2 unspecified atom stereocenters. The van der Waals surface area contributed by atoms with Crippen LogP contribution in [0.5, 0.6) is 0 Å². The number of halogens is 2. The summed E-state index contributed by atoms with van der Waals surface area (Å²) < 4.78 is 14.0. The average molecular weight is 294 g/mol. The highest BCUT2D eigenvalue weighted by Crippen LogP contribution is 2.35. The van der Waals surface area contributed by atoms with Crippen molar-refractivity contribution in [3.8, 4) is 0 Å². The maximum Gasteiger partial charge on any atom is 0.128 e. The van der Waals surface area contributed by atoms with Gasteiger partial charge in [-0.1, -0.05) is 47.5 Å². The van der Waals surface area contributed by atoms with Crippen molar-refractivity contribution in [1.82, 2.24) is 0 Å². The molecule has 0 aromatic heterocycles. The van der Waals surface area contributed by atoms with Gasteiger partial charge in [-0.15, -0.1) is 0 Å². The minimum Gasteiger partial charge on any atom is -0.388 e. The third kappa shape index (κ3) is 3.01. The Kier molecular flexibility index (Phi) is 4.76. The summed E-state index contributed by atoms with van der Waals surface area (Å²) in [5.74, 6) is -1.02. The van der Waals surface area contributed by atoms with Gasteiger partial charge in [0.25, 0.3) is 0 Å². The molecule has 0 fully saturated rings. The van der Waals surface area contributed by atoms with Gasteiger partial charge in [-0.25, -0.2) is 4.39 Å². The van der Waals surface area contributed by atoms with Gasteiger partial charge >= 0.3 is 0 Å². The molecule has 0 aliphatic carbocycles. The molecule has 20 heavy (non-hydrogen) atoms. The van der Waals surface area contributed by atoms with Crippen LogP contribution in [0.15, 0.2) is 42.5 Å². The Morgan fingerprint density at radius 1 is 1.20 bits per heavy atom. The zero-order valence-electron chi connectivity index (χ0n) is 11.2. The molecule has 2 aromatic rings. The van der Waals surface area contributed by atoms with E-state index in [0.29, 0.717) is 5.56 Å². The van der Waals surface area contributed by atoms with Crippen molar-refractivity contribution >= 4 is 11.6 Å². The van der Waals surface area contributed by atoms with E-state index in [0.717, 1.165) is 5.56 Å². The lowest BCUT2D eigenvalue weighted by Gasteiger charge is -2.23. The number of hydrogen-bond donors (Lipinski definition) is 2. The second-order valence-corrected chi connectivity index (χ2v) is 5.24. The molecule has 0 amide bonds. The van der Waals surface area contributed by atoms with Crippen molar-refractivity contribution in [2.24, 2.45) is 5.73 Å². The summed E-state index contributed by atoms with van der Waals surface area (Å²) in [5, 5.41) is 10.8. The third-order valence-electron chi connectivity index (χ3n) is 3.42. The minimum absolute atomic E-state index is 0.107. The molecule has 0 saturated carbocycles. The van der Waals surface area contributed by atoms with Crippen LogP contribution >= 0.6 is 11.6 Å². The van der Waals surface area contributed by atoms with E-state index in [4.69, 9.17) is 17.3 Å². The minimum atomic E-state index is -0.894. The van der Waals surface area contributed by atoms with Crippen LogP contribution in [-0.4, -0.2) is 11.7 Å². The average Bonchev–Trinajstić information content (AvgIpc) is 2.43. The molecule has 0 radical (unpaired) electrons. The predicted octanol–water partition coefficient (Wildman–Crippen LogP) is 3.56. The second-order valence-electron chi connectivity index (χ2n) is 4.83. The van der Waals surface area contributed by atoms with Crippen LogP contribution in [0.25, 0.3) is 0 Å². The number of aliphatic hydroxyl groups excluding tert-OH is 1. The molecule has 0 aliphatic heterocycles. The lowest BCUT2D eigenvalue weighted by atomic mass is 9.88. The standard InChI is InChI=1S/C16H17ClFNO/c1-10-5-7-11(8-6-10)16(20)12(9-19)15-13(17)3-2-4-14(15)18/h2-8,12,16,20H,9,19H2,1H3. The summed E-state index contributed by atoms with van der Waals surface area (Å²) in [6, 6.07) is 11.9. The van der Waals surface area contributed by atoms with Gasteiger partial charge in [0.1, 0.15) is 5.82 Å². The number of hydrogen-bond acceptors (Lipinski definition) is 2. The van der Waals surface area contributed by atoms with E-state index in [1.807, 2.05) is 31.2 Å². The van der Waals surface area contributed by atoms with Crippen molar-refractivity contribution in [1.29, 1.82) is 0 Å². The molecule has 2 aromatic carbocycles. The smallest absolute Gasteiger partial charge is 0.128 e. The van der Waals surface area contributed by atoms with Crippen molar-refractivity contribution in [3.63, 3.8) is 0 Å². The van der Waals surface area contributed by atoms with Crippen LogP contribution in [0.3, 0.4) is 0 Å². The van der Waals surface area contributed by atoms with Gasteiger partial charge in [0.15, 0.2) is 0 Å². The second kappa shape index (κ2) is 6.35. The van der Waals surface area contributed by atoms with Crippen molar-refractivity contribution in [2.75, 3.05) is 6.54 Å². The van der Waals surface area contributed by atoms with Crippen LogP contribution in [0.2, 0.25) is 5.02 Å². The van der Waals surface area contributed by atoms with E-state index in [2.05, 4.69) is 0 Å². The fourth-order valence-electron chi connectivity index (χ4n) is 2.27. The summed E-state index contributed by atoms with van der Waals surface area (Å²) in [7, 11) is 0. The highest BCUT2D eigenvalue weighted by molar-refractivity contribution is 6.31. The highest BCUT2D eigenvalue weighted by Gasteiger charge is 2.26. The van der Waals surface area contributed by atoms with Gasteiger partial charge in [0.05, 0.1) is 6.10 Å². The molecule has 0 spiro atoms. The first-order chi connectivity index (χ1) is 9.54. The van der Waals surface area contributed by atoms with Gasteiger partial charge in [0.2, 0.25) is 0 Å². The summed E-state index contributed by atoms with van der Waals surface area (Å²) in [5.41, 5.74) is 7.78. The highest BCUT2D eigenvalue weighted by atomic mass is 35.5. The van der Waals surface area contributed by atoms with Gasteiger partial charge in [-0.05, 0) is 24.6 Å². The zero-order chi connectivity index (χ0) is 14.7. The zero-order valence-corrected chi connectivity index (χ0v) is 11.9. The molecule has 106 valence electrons. The predicted molar refractivity (Wildman–Crippen MR) is 79.3 cm³/mol. The molecular weight excluding hydrogens is 277 g/mol. The Labute approximate surface area is 123 Å². The first-order valence-corrected chi connectivity index (χ1v) is 6.81. The summed E-state index contributed by atoms with van der Waals surface area (Å²) in [6.45, 7) is 2.07. The van der Waals surface area contributed by atoms with E-state index >= 15 is 0 Å². The molecule has 0 bridgehead atoms. The molecule has 2 nitrogen and oxygen atoms in total. The fourth-order valence-corrected chi connectivity index (χ4v) is 2.57.